The van der Waals surface area contributed by atoms with Crippen molar-refractivity contribution in [2.24, 2.45) is 5.73 Å². The lowest BCUT2D eigenvalue weighted by molar-refractivity contribution is -0.140. The van der Waals surface area contributed by atoms with Crippen LogP contribution in [0.15, 0.2) is 48.5 Å². The molecule has 1 aliphatic heterocycles. The molecule has 5 nitrogen and oxygen atoms in total. The number of ether oxygens (including phenoxy) is 1. The van der Waals surface area contributed by atoms with Crippen LogP contribution in [0, 0.1) is 0 Å². The molecule has 2 aromatic rings. The fraction of sp³-hybridized carbons (Fsp3) is 0.333. The summed E-state index contributed by atoms with van der Waals surface area (Å²) in [5.74, 6) is -0.192. The molecular weight excluding hydrogens is 328 g/mol. The third-order valence-electron chi connectivity index (χ3n) is 4.92. The van der Waals surface area contributed by atoms with E-state index in [4.69, 9.17) is 5.73 Å². The maximum Gasteiger partial charge on any atom is 0.305 e. The zero-order chi connectivity index (χ0) is 18.5. The van der Waals surface area contributed by atoms with Crippen LogP contribution in [0.25, 0.3) is 0 Å². The standard InChI is InChI=1S/C21H24N2O3/c1-26-20(24)11-6-15-2-7-17(8-3-15)19-12-13-23(21(19)25)18-9-4-16(14-22)5-10-18/h2-5,7-10,19H,6,11-14,22H2,1H3. The second-order valence-electron chi connectivity index (χ2n) is 6.52. The summed E-state index contributed by atoms with van der Waals surface area (Å²) in [5, 5.41) is 0. The van der Waals surface area contributed by atoms with Crippen molar-refractivity contribution in [3.05, 3.63) is 65.2 Å². The smallest absolute Gasteiger partial charge is 0.305 e. The molecule has 0 aliphatic carbocycles. The normalized spacial score (nSPS) is 16.8. The lowest BCUT2D eigenvalue weighted by Gasteiger charge is -2.17. The van der Waals surface area contributed by atoms with Crippen LogP contribution in [0.4, 0.5) is 5.69 Å². The lowest BCUT2D eigenvalue weighted by atomic mass is 9.96. The average molecular weight is 352 g/mol. The summed E-state index contributed by atoms with van der Waals surface area (Å²) in [4.78, 5) is 25.9. The molecule has 2 aromatic carbocycles. The van der Waals surface area contributed by atoms with Gasteiger partial charge in [0, 0.05) is 25.2 Å². The molecule has 1 fully saturated rings. The third-order valence-corrected chi connectivity index (χ3v) is 4.92. The summed E-state index contributed by atoms with van der Waals surface area (Å²) in [6, 6.07) is 15.8. The SMILES string of the molecule is COC(=O)CCc1ccc(C2CCN(c3ccc(CN)cc3)C2=O)cc1. The topological polar surface area (TPSA) is 72.6 Å². The number of nitrogens with zero attached hydrogens (tertiary/aromatic N) is 1. The van der Waals surface area contributed by atoms with Crippen molar-refractivity contribution >= 4 is 17.6 Å². The predicted octanol–water partition coefficient (Wildman–Crippen LogP) is 2.77. The fourth-order valence-electron chi connectivity index (χ4n) is 3.32. The maximum absolute atomic E-state index is 12.8. The van der Waals surface area contributed by atoms with E-state index in [1.807, 2.05) is 53.4 Å². The number of hydrogen-bond donors (Lipinski definition) is 1. The average Bonchev–Trinajstić information content (AvgIpc) is 3.08. The van der Waals surface area contributed by atoms with Crippen molar-refractivity contribution in [3.63, 3.8) is 0 Å². The quantitative estimate of drug-likeness (QED) is 0.812. The minimum atomic E-state index is -0.212. The highest BCUT2D eigenvalue weighted by molar-refractivity contribution is 6.00. The minimum Gasteiger partial charge on any atom is -0.469 e. The van der Waals surface area contributed by atoms with Gasteiger partial charge in [-0.2, -0.15) is 0 Å². The monoisotopic (exact) mass is 352 g/mol. The van der Waals surface area contributed by atoms with Crippen LogP contribution in [0.1, 0.15) is 35.4 Å². The number of methoxy groups -OCH3 is 1. The summed E-state index contributed by atoms with van der Waals surface area (Å²) in [6.07, 6.45) is 1.81. The minimum absolute atomic E-state index is 0.112. The number of esters is 1. The van der Waals surface area contributed by atoms with Crippen LogP contribution in [0.2, 0.25) is 0 Å². The molecule has 0 saturated carbocycles. The van der Waals surface area contributed by atoms with E-state index < -0.39 is 0 Å². The van der Waals surface area contributed by atoms with E-state index in [0.29, 0.717) is 19.4 Å². The molecule has 1 amide bonds. The Hall–Kier alpha value is -2.66. The molecule has 0 spiro atoms. The van der Waals surface area contributed by atoms with Gasteiger partial charge in [-0.05, 0) is 41.7 Å². The number of anilines is 1. The number of aryl methyl sites for hydroxylation is 1. The first-order valence-electron chi connectivity index (χ1n) is 8.88. The predicted molar refractivity (Wildman–Crippen MR) is 101 cm³/mol. The highest BCUT2D eigenvalue weighted by Gasteiger charge is 2.33. The first-order chi connectivity index (χ1) is 12.6. The van der Waals surface area contributed by atoms with Crippen molar-refractivity contribution < 1.29 is 14.3 Å². The molecule has 0 aromatic heterocycles. The van der Waals surface area contributed by atoms with E-state index in [1.165, 1.54) is 7.11 Å². The van der Waals surface area contributed by atoms with Crippen LogP contribution in [-0.2, 0) is 27.3 Å². The van der Waals surface area contributed by atoms with Gasteiger partial charge in [0.15, 0.2) is 0 Å². The lowest BCUT2D eigenvalue weighted by Crippen LogP contribution is -2.26. The molecule has 0 bridgehead atoms. The van der Waals surface area contributed by atoms with Crippen LogP contribution >= 0.6 is 0 Å². The second-order valence-corrected chi connectivity index (χ2v) is 6.52. The van der Waals surface area contributed by atoms with Gasteiger partial charge < -0.3 is 15.4 Å². The Labute approximate surface area is 153 Å². The van der Waals surface area contributed by atoms with Crippen molar-refractivity contribution in [1.82, 2.24) is 0 Å². The van der Waals surface area contributed by atoms with Crippen molar-refractivity contribution in [1.29, 1.82) is 0 Å². The number of nitrogens with two attached hydrogens (primary N) is 1. The number of carbonyl (C=O) groups excluding carboxylic acids is 2. The second kappa shape index (κ2) is 8.15. The van der Waals surface area contributed by atoms with E-state index in [-0.39, 0.29) is 17.8 Å². The summed E-state index contributed by atoms with van der Waals surface area (Å²) >= 11 is 0. The van der Waals surface area contributed by atoms with Gasteiger partial charge in [-0.3, -0.25) is 9.59 Å². The molecular formula is C21H24N2O3. The fourth-order valence-corrected chi connectivity index (χ4v) is 3.32. The Morgan fingerprint density at radius 2 is 1.77 bits per heavy atom. The van der Waals surface area contributed by atoms with Gasteiger partial charge in [-0.1, -0.05) is 36.4 Å². The summed E-state index contributed by atoms with van der Waals surface area (Å²) < 4.78 is 4.66. The van der Waals surface area contributed by atoms with Gasteiger partial charge in [0.2, 0.25) is 5.91 Å². The Morgan fingerprint density at radius 3 is 2.38 bits per heavy atom. The van der Waals surface area contributed by atoms with Crippen molar-refractivity contribution in [2.45, 2.75) is 31.7 Å². The van der Waals surface area contributed by atoms with Gasteiger partial charge in [0.1, 0.15) is 0 Å². The van der Waals surface area contributed by atoms with Crippen LogP contribution in [-0.4, -0.2) is 25.5 Å². The van der Waals surface area contributed by atoms with E-state index in [2.05, 4.69) is 4.74 Å². The Balaban J connectivity index is 1.66. The molecule has 1 saturated heterocycles. The van der Waals surface area contributed by atoms with Gasteiger partial charge in [0.25, 0.3) is 0 Å². The van der Waals surface area contributed by atoms with Gasteiger partial charge in [-0.25, -0.2) is 0 Å². The maximum atomic E-state index is 12.8. The third kappa shape index (κ3) is 3.94. The van der Waals surface area contributed by atoms with Crippen molar-refractivity contribution in [2.75, 3.05) is 18.6 Å². The van der Waals surface area contributed by atoms with Gasteiger partial charge >= 0.3 is 5.97 Å². The highest BCUT2D eigenvalue weighted by atomic mass is 16.5. The molecule has 3 rings (SSSR count). The van der Waals surface area contributed by atoms with Gasteiger partial charge in [-0.15, -0.1) is 0 Å². The first kappa shape index (κ1) is 18.1. The van der Waals surface area contributed by atoms with E-state index in [0.717, 1.165) is 35.3 Å². The highest BCUT2D eigenvalue weighted by Crippen LogP contribution is 2.32. The molecule has 1 heterocycles. The molecule has 1 aliphatic rings. The first-order valence-corrected chi connectivity index (χ1v) is 8.88. The van der Waals surface area contributed by atoms with E-state index >= 15 is 0 Å². The molecule has 26 heavy (non-hydrogen) atoms. The zero-order valence-corrected chi connectivity index (χ0v) is 15.0. The van der Waals surface area contributed by atoms with Crippen LogP contribution < -0.4 is 10.6 Å². The molecule has 2 N–H and O–H groups in total. The van der Waals surface area contributed by atoms with Crippen molar-refractivity contribution in [3.8, 4) is 0 Å². The number of benzene rings is 2. The number of hydrogen-bond acceptors (Lipinski definition) is 4. The molecule has 0 radical (unpaired) electrons. The summed E-state index contributed by atoms with van der Waals surface area (Å²) in [6.45, 7) is 1.22. The molecule has 1 atom stereocenters. The number of amides is 1. The Kier molecular flexibility index (Phi) is 5.68. The largest absolute Gasteiger partial charge is 0.469 e. The zero-order valence-electron chi connectivity index (χ0n) is 15.0. The number of carbonyl (C=O) groups is 2. The molecule has 136 valence electrons. The number of rotatable bonds is 6. The molecule has 5 heteroatoms. The Bertz CT molecular complexity index is 769. The van der Waals surface area contributed by atoms with E-state index in [9.17, 15) is 9.59 Å². The van der Waals surface area contributed by atoms with Crippen LogP contribution in [0.3, 0.4) is 0 Å². The van der Waals surface area contributed by atoms with Gasteiger partial charge in [0.05, 0.1) is 13.0 Å². The van der Waals surface area contributed by atoms with E-state index in [1.54, 1.807) is 0 Å². The summed E-state index contributed by atoms with van der Waals surface area (Å²) in [5.41, 5.74) is 9.70. The van der Waals surface area contributed by atoms with Crippen LogP contribution in [0.5, 0.6) is 0 Å². The Morgan fingerprint density at radius 1 is 1.12 bits per heavy atom. The molecule has 1 unspecified atom stereocenters. The summed E-state index contributed by atoms with van der Waals surface area (Å²) in [7, 11) is 1.40.